The molecule has 0 spiro atoms. The fraction of sp³-hybridized carbons (Fsp3) is 0.364. The Balaban J connectivity index is 1.93. The van der Waals surface area contributed by atoms with Gasteiger partial charge in [0.2, 0.25) is 0 Å². The molecule has 1 aromatic carbocycles. The van der Waals surface area contributed by atoms with E-state index in [-0.39, 0.29) is 5.69 Å². The molecular weight excluding hydrogens is 338 g/mol. The van der Waals surface area contributed by atoms with Crippen LogP contribution in [0.2, 0.25) is 0 Å². The normalized spacial score (nSPS) is 13.8. The zero-order valence-corrected chi connectivity index (χ0v) is 16.1. The Morgan fingerprint density at radius 3 is 2.67 bits per heavy atom. The minimum absolute atomic E-state index is 0.119. The van der Waals surface area contributed by atoms with Gasteiger partial charge in [-0.05, 0) is 49.4 Å². The Labute approximate surface area is 159 Å². The van der Waals surface area contributed by atoms with E-state index in [0.29, 0.717) is 0 Å². The number of hydrogen-bond donors (Lipinski definition) is 1. The number of aryl methyl sites for hydroxylation is 2. The predicted molar refractivity (Wildman–Crippen MR) is 108 cm³/mol. The molecule has 1 N–H and O–H groups in total. The van der Waals surface area contributed by atoms with Gasteiger partial charge in [-0.3, -0.25) is 0 Å². The molecule has 0 fully saturated rings. The van der Waals surface area contributed by atoms with Crippen molar-refractivity contribution in [3.05, 3.63) is 58.4 Å². The number of aromatic nitrogens is 2. The highest BCUT2D eigenvalue weighted by Gasteiger charge is 2.25. The molecule has 0 amide bonds. The van der Waals surface area contributed by atoms with Gasteiger partial charge < -0.3 is 14.6 Å². The first-order valence-electron chi connectivity index (χ1n) is 9.56. The summed E-state index contributed by atoms with van der Waals surface area (Å²) in [5.74, 6) is -0.181. The van der Waals surface area contributed by atoms with Gasteiger partial charge >= 0.3 is 5.97 Å². The van der Waals surface area contributed by atoms with Crippen molar-refractivity contribution >= 4 is 22.7 Å². The van der Waals surface area contributed by atoms with Gasteiger partial charge in [0.25, 0.3) is 0 Å². The molecule has 5 nitrogen and oxygen atoms in total. The first-order chi connectivity index (χ1) is 13.0. The van der Waals surface area contributed by atoms with Crippen molar-refractivity contribution < 1.29 is 9.90 Å². The number of hydrogen-bond acceptors (Lipinski definition) is 3. The van der Waals surface area contributed by atoms with Gasteiger partial charge in [-0.1, -0.05) is 31.2 Å². The van der Waals surface area contributed by atoms with Gasteiger partial charge in [-0.15, -0.1) is 0 Å². The SMILES string of the molecule is CCCn1c(C)c(C)c2cc(C(=O)O)nc(N3CCc4ccccc4C3)c21. The van der Waals surface area contributed by atoms with Crippen molar-refractivity contribution in [3.63, 3.8) is 0 Å². The third kappa shape index (κ3) is 2.87. The Morgan fingerprint density at radius 1 is 1.22 bits per heavy atom. The van der Waals surface area contributed by atoms with E-state index in [1.54, 1.807) is 6.07 Å². The first kappa shape index (κ1) is 17.6. The van der Waals surface area contributed by atoms with Crippen molar-refractivity contribution in [2.75, 3.05) is 11.4 Å². The van der Waals surface area contributed by atoms with E-state index < -0.39 is 5.97 Å². The molecule has 0 bridgehead atoms. The fourth-order valence-electron chi connectivity index (χ4n) is 4.15. The number of pyridine rings is 1. The molecule has 3 heterocycles. The van der Waals surface area contributed by atoms with Crippen LogP contribution in [0.25, 0.3) is 10.9 Å². The summed E-state index contributed by atoms with van der Waals surface area (Å²) in [4.78, 5) is 18.6. The smallest absolute Gasteiger partial charge is 0.354 e. The molecule has 0 aliphatic carbocycles. The molecule has 0 atom stereocenters. The summed E-state index contributed by atoms with van der Waals surface area (Å²) in [6.07, 6.45) is 1.97. The number of carbonyl (C=O) groups is 1. The van der Waals surface area contributed by atoms with Crippen molar-refractivity contribution in [2.45, 2.75) is 46.7 Å². The van der Waals surface area contributed by atoms with Gasteiger partial charge in [-0.2, -0.15) is 0 Å². The number of benzene rings is 1. The monoisotopic (exact) mass is 363 g/mol. The summed E-state index contributed by atoms with van der Waals surface area (Å²) >= 11 is 0. The van der Waals surface area contributed by atoms with Crippen LogP contribution in [0.3, 0.4) is 0 Å². The predicted octanol–water partition coefficient (Wildman–Crippen LogP) is 4.32. The number of rotatable bonds is 4. The number of anilines is 1. The van der Waals surface area contributed by atoms with Crippen molar-refractivity contribution in [1.82, 2.24) is 9.55 Å². The molecule has 4 rings (SSSR count). The van der Waals surface area contributed by atoms with Crippen LogP contribution < -0.4 is 4.90 Å². The van der Waals surface area contributed by atoms with Crippen LogP contribution in [-0.4, -0.2) is 27.2 Å². The summed E-state index contributed by atoms with van der Waals surface area (Å²) in [6.45, 7) is 8.86. The van der Waals surface area contributed by atoms with Gasteiger partial charge in [-0.25, -0.2) is 9.78 Å². The lowest BCUT2D eigenvalue weighted by atomic mass is 10.00. The molecule has 1 aliphatic rings. The molecule has 2 aromatic heterocycles. The van der Waals surface area contributed by atoms with Crippen LogP contribution >= 0.6 is 0 Å². The molecule has 5 heteroatoms. The zero-order chi connectivity index (χ0) is 19.1. The van der Waals surface area contributed by atoms with E-state index in [4.69, 9.17) is 0 Å². The second kappa shape index (κ2) is 6.72. The quantitative estimate of drug-likeness (QED) is 0.750. The number of carboxylic acids is 1. The Kier molecular flexibility index (Phi) is 4.38. The Morgan fingerprint density at radius 2 is 1.96 bits per heavy atom. The van der Waals surface area contributed by atoms with E-state index in [9.17, 15) is 9.90 Å². The van der Waals surface area contributed by atoms with Crippen LogP contribution in [0.5, 0.6) is 0 Å². The number of fused-ring (bicyclic) bond motifs is 2. The largest absolute Gasteiger partial charge is 0.477 e. The van der Waals surface area contributed by atoms with Crippen molar-refractivity contribution in [2.24, 2.45) is 0 Å². The highest BCUT2D eigenvalue weighted by Crippen LogP contribution is 2.35. The van der Waals surface area contributed by atoms with Crippen LogP contribution in [0.4, 0.5) is 5.82 Å². The minimum Gasteiger partial charge on any atom is -0.477 e. The van der Waals surface area contributed by atoms with E-state index in [1.807, 2.05) is 0 Å². The Hall–Kier alpha value is -2.82. The molecule has 3 aromatic rings. The maximum absolute atomic E-state index is 11.7. The summed E-state index contributed by atoms with van der Waals surface area (Å²) in [7, 11) is 0. The van der Waals surface area contributed by atoms with Crippen LogP contribution in [0.1, 0.15) is 46.2 Å². The average molecular weight is 363 g/mol. The van der Waals surface area contributed by atoms with Crippen LogP contribution in [0, 0.1) is 13.8 Å². The molecule has 0 unspecified atom stereocenters. The molecular formula is C22H25N3O2. The minimum atomic E-state index is -0.976. The lowest BCUT2D eigenvalue weighted by Crippen LogP contribution is -2.31. The lowest BCUT2D eigenvalue weighted by Gasteiger charge is -2.31. The third-order valence-electron chi connectivity index (χ3n) is 5.69. The Bertz CT molecular complexity index is 1040. The van der Waals surface area contributed by atoms with E-state index in [2.05, 4.69) is 59.5 Å². The molecule has 140 valence electrons. The van der Waals surface area contributed by atoms with Gasteiger partial charge in [0.05, 0.1) is 5.52 Å². The highest BCUT2D eigenvalue weighted by atomic mass is 16.4. The average Bonchev–Trinajstić information content (AvgIpc) is 2.92. The molecule has 0 saturated heterocycles. The van der Waals surface area contributed by atoms with Crippen molar-refractivity contribution in [1.29, 1.82) is 0 Å². The fourth-order valence-corrected chi connectivity index (χ4v) is 4.15. The van der Waals surface area contributed by atoms with E-state index in [0.717, 1.165) is 54.8 Å². The van der Waals surface area contributed by atoms with Crippen LogP contribution in [-0.2, 0) is 19.5 Å². The molecule has 27 heavy (non-hydrogen) atoms. The first-order valence-corrected chi connectivity index (χ1v) is 9.56. The van der Waals surface area contributed by atoms with Gasteiger partial charge in [0, 0.05) is 30.7 Å². The number of aromatic carboxylic acids is 1. The zero-order valence-electron chi connectivity index (χ0n) is 16.1. The highest BCUT2D eigenvalue weighted by molar-refractivity contribution is 5.99. The standard InChI is InChI=1S/C22H25N3O2/c1-4-10-25-15(3)14(2)18-12-19(22(26)27)23-21(20(18)25)24-11-9-16-7-5-6-8-17(16)13-24/h5-8,12H,4,9-11,13H2,1-3H3,(H,26,27). The summed E-state index contributed by atoms with van der Waals surface area (Å²) in [5.41, 5.74) is 6.18. The van der Waals surface area contributed by atoms with Gasteiger partial charge in [0.1, 0.15) is 0 Å². The van der Waals surface area contributed by atoms with E-state index >= 15 is 0 Å². The van der Waals surface area contributed by atoms with Crippen molar-refractivity contribution in [3.8, 4) is 0 Å². The van der Waals surface area contributed by atoms with E-state index in [1.165, 1.54) is 16.8 Å². The second-order valence-corrected chi connectivity index (χ2v) is 7.33. The second-order valence-electron chi connectivity index (χ2n) is 7.33. The topological polar surface area (TPSA) is 58.4 Å². The molecule has 1 aliphatic heterocycles. The summed E-state index contributed by atoms with van der Waals surface area (Å²) in [6, 6.07) is 10.2. The summed E-state index contributed by atoms with van der Waals surface area (Å²) in [5, 5.41) is 10.6. The third-order valence-corrected chi connectivity index (χ3v) is 5.69. The van der Waals surface area contributed by atoms with Crippen LogP contribution in [0.15, 0.2) is 30.3 Å². The number of carboxylic acid groups (broad SMARTS) is 1. The molecule has 0 radical (unpaired) electrons. The maximum Gasteiger partial charge on any atom is 0.354 e. The summed E-state index contributed by atoms with van der Waals surface area (Å²) < 4.78 is 2.30. The number of nitrogens with zero attached hydrogens (tertiary/aromatic N) is 3. The van der Waals surface area contributed by atoms with Gasteiger partial charge in [0.15, 0.2) is 11.5 Å². The molecule has 0 saturated carbocycles. The lowest BCUT2D eigenvalue weighted by molar-refractivity contribution is 0.0691. The maximum atomic E-state index is 11.7.